The number of primary amides is 1. The van der Waals surface area contributed by atoms with Crippen LogP contribution in [0.5, 0.6) is 11.5 Å². The summed E-state index contributed by atoms with van der Waals surface area (Å²) in [6.07, 6.45) is 4.08. The second-order valence-corrected chi connectivity index (χ2v) is 8.66. The fraction of sp³-hybridized carbons (Fsp3) is 0.250. The van der Waals surface area contributed by atoms with Gasteiger partial charge < -0.3 is 15.4 Å². The van der Waals surface area contributed by atoms with Gasteiger partial charge in [-0.05, 0) is 87.4 Å². The van der Waals surface area contributed by atoms with Gasteiger partial charge in [0.1, 0.15) is 17.2 Å². The number of aromatic nitrogens is 3. The fourth-order valence-electron chi connectivity index (χ4n) is 4.31. The third-order valence-electron chi connectivity index (χ3n) is 6.05. The molecule has 4 aromatic rings. The fourth-order valence-corrected chi connectivity index (χ4v) is 4.43. The molecule has 0 unspecified atom stereocenters. The van der Waals surface area contributed by atoms with Gasteiger partial charge in [-0.15, -0.1) is 0 Å². The molecule has 0 bridgehead atoms. The average Bonchev–Trinajstić information content (AvgIpc) is 3.36. The van der Waals surface area contributed by atoms with Gasteiger partial charge in [0.05, 0.1) is 0 Å². The minimum Gasteiger partial charge on any atom is -0.457 e. The van der Waals surface area contributed by atoms with Crippen LogP contribution in [-0.4, -0.2) is 45.5 Å². The van der Waals surface area contributed by atoms with Crippen molar-refractivity contribution in [3.63, 3.8) is 0 Å². The molecule has 0 saturated carbocycles. The molecule has 1 saturated heterocycles. The van der Waals surface area contributed by atoms with Crippen LogP contribution >= 0.6 is 11.6 Å². The molecule has 0 spiro atoms. The second-order valence-electron chi connectivity index (χ2n) is 8.22. The van der Waals surface area contributed by atoms with Crippen molar-refractivity contribution in [2.24, 2.45) is 5.73 Å². The Bertz CT molecular complexity index is 1250. The minimum absolute atomic E-state index is 0.352. The maximum atomic E-state index is 12.3. The van der Waals surface area contributed by atoms with E-state index >= 15 is 0 Å². The normalized spacial score (nSPS) is 15.3. The maximum absolute atomic E-state index is 12.3. The van der Waals surface area contributed by atoms with E-state index in [1.54, 1.807) is 16.6 Å². The molecule has 0 radical (unpaired) electrons. The predicted molar refractivity (Wildman–Crippen MR) is 124 cm³/mol. The molecule has 1 fully saturated rings. The van der Waals surface area contributed by atoms with E-state index in [2.05, 4.69) is 17.0 Å². The first-order chi connectivity index (χ1) is 15.5. The number of rotatable bonds is 5. The topological polar surface area (TPSA) is 88.7 Å². The maximum Gasteiger partial charge on any atom is 0.269 e. The highest BCUT2D eigenvalue weighted by atomic mass is 35.5. The molecule has 0 aliphatic carbocycles. The highest BCUT2D eigenvalue weighted by Crippen LogP contribution is 2.34. The number of benzene rings is 2. The number of halogens is 1. The number of imidazole rings is 1. The number of nitrogens with one attached hydrogen (secondary N) is 1. The number of aromatic amines is 1. The number of piperidine rings is 1. The first kappa shape index (κ1) is 20.6. The van der Waals surface area contributed by atoms with Gasteiger partial charge in [0.25, 0.3) is 5.91 Å². The highest BCUT2D eigenvalue weighted by molar-refractivity contribution is 6.30. The van der Waals surface area contributed by atoms with E-state index in [1.807, 2.05) is 42.6 Å². The lowest BCUT2D eigenvalue weighted by Gasteiger charge is -2.28. The van der Waals surface area contributed by atoms with Crippen LogP contribution in [0.3, 0.4) is 0 Å². The van der Waals surface area contributed by atoms with Crippen LogP contribution in [0.25, 0.3) is 16.9 Å². The molecule has 8 heteroatoms. The third-order valence-corrected chi connectivity index (χ3v) is 6.31. The first-order valence-corrected chi connectivity index (χ1v) is 11.0. The van der Waals surface area contributed by atoms with E-state index in [0.717, 1.165) is 42.7 Å². The molecule has 32 heavy (non-hydrogen) atoms. The summed E-state index contributed by atoms with van der Waals surface area (Å²) in [5.74, 6) is 1.25. The Balaban J connectivity index is 1.47. The van der Waals surface area contributed by atoms with Crippen LogP contribution in [0.1, 0.15) is 34.8 Å². The van der Waals surface area contributed by atoms with Crippen molar-refractivity contribution < 1.29 is 9.53 Å². The number of likely N-dealkylation sites (tertiary alicyclic amines) is 1. The molecule has 3 heterocycles. The number of fused-ring (bicyclic) bond motifs is 1. The monoisotopic (exact) mass is 449 g/mol. The van der Waals surface area contributed by atoms with Crippen LogP contribution in [-0.2, 0) is 0 Å². The lowest BCUT2D eigenvalue weighted by molar-refractivity contribution is 0.0994. The van der Waals surface area contributed by atoms with Gasteiger partial charge in [-0.25, -0.2) is 9.50 Å². The molecule has 2 aromatic heterocycles. The van der Waals surface area contributed by atoms with Crippen molar-refractivity contribution in [1.82, 2.24) is 19.5 Å². The Hall–Kier alpha value is -3.29. The van der Waals surface area contributed by atoms with Crippen LogP contribution in [0.4, 0.5) is 0 Å². The van der Waals surface area contributed by atoms with E-state index in [1.165, 1.54) is 0 Å². The summed E-state index contributed by atoms with van der Waals surface area (Å²) < 4.78 is 7.58. The van der Waals surface area contributed by atoms with Gasteiger partial charge in [0.2, 0.25) is 0 Å². The molecule has 1 amide bonds. The molecule has 3 N–H and O–H groups in total. The Kier molecular flexibility index (Phi) is 5.36. The quantitative estimate of drug-likeness (QED) is 0.463. The average molecular weight is 450 g/mol. The van der Waals surface area contributed by atoms with Crippen LogP contribution < -0.4 is 10.5 Å². The Morgan fingerprint density at radius 1 is 1.09 bits per heavy atom. The molecule has 2 aromatic carbocycles. The summed E-state index contributed by atoms with van der Waals surface area (Å²) in [6.45, 7) is 2.10. The number of hydrogen-bond acceptors (Lipinski definition) is 4. The number of nitrogens with two attached hydrogens (primary N) is 1. The van der Waals surface area contributed by atoms with Crippen LogP contribution in [0.2, 0.25) is 5.02 Å². The summed E-state index contributed by atoms with van der Waals surface area (Å²) in [7, 11) is 2.14. The smallest absolute Gasteiger partial charge is 0.269 e. The molecular weight excluding hydrogens is 426 g/mol. The van der Waals surface area contributed by atoms with Crippen molar-refractivity contribution in [2.45, 2.75) is 18.8 Å². The molecule has 1 aliphatic rings. The van der Waals surface area contributed by atoms with Crippen LogP contribution in [0, 0.1) is 0 Å². The molecule has 5 rings (SSSR count). The molecular formula is C24H24ClN5O2. The van der Waals surface area contributed by atoms with Gasteiger partial charge >= 0.3 is 0 Å². The Morgan fingerprint density at radius 2 is 1.72 bits per heavy atom. The summed E-state index contributed by atoms with van der Waals surface area (Å²) >= 11 is 5.93. The number of H-pyrrole nitrogens is 1. The number of carbonyl (C=O) groups is 1. The van der Waals surface area contributed by atoms with Crippen molar-refractivity contribution in [3.8, 4) is 22.8 Å². The van der Waals surface area contributed by atoms with E-state index in [4.69, 9.17) is 27.1 Å². The highest BCUT2D eigenvalue weighted by Gasteiger charge is 2.26. The van der Waals surface area contributed by atoms with Crippen molar-refractivity contribution in [2.75, 3.05) is 20.1 Å². The van der Waals surface area contributed by atoms with Crippen molar-refractivity contribution in [1.29, 1.82) is 0 Å². The predicted octanol–water partition coefficient (Wildman–Crippen LogP) is 4.68. The lowest BCUT2D eigenvalue weighted by Crippen LogP contribution is -2.29. The van der Waals surface area contributed by atoms with Crippen molar-refractivity contribution >= 4 is 23.2 Å². The summed E-state index contributed by atoms with van der Waals surface area (Å²) in [5, 5.41) is 3.84. The lowest BCUT2D eigenvalue weighted by atomic mass is 9.91. The third kappa shape index (κ3) is 3.85. The second kappa shape index (κ2) is 8.33. The molecule has 1 aliphatic heterocycles. The number of carbonyl (C=O) groups excluding carboxylic acids is 1. The van der Waals surface area contributed by atoms with Crippen molar-refractivity contribution in [3.05, 3.63) is 71.0 Å². The molecule has 7 nitrogen and oxygen atoms in total. The van der Waals surface area contributed by atoms with E-state index in [9.17, 15) is 4.79 Å². The number of nitrogens with zero attached hydrogens (tertiary/aromatic N) is 3. The van der Waals surface area contributed by atoms with E-state index < -0.39 is 5.91 Å². The zero-order chi connectivity index (χ0) is 22.2. The largest absolute Gasteiger partial charge is 0.457 e. The number of ether oxygens (including phenoxy) is 1. The summed E-state index contributed by atoms with van der Waals surface area (Å²) in [5.41, 5.74) is 9.37. The summed E-state index contributed by atoms with van der Waals surface area (Å²) in [6, 6.07) is 14.6. The van der Waals surface area contributed by atoms with E-state index in [0.29, 0.717) is 33.8 Å². The van der Waals surface area contributed by atoms with E-state index in [-0.39, 0.29) is 0 Å². The standard InChI is InChI=1S/C24H24ClN5O2/c1-29-12-10-15(11-13-29)20-14-27-30-22(23(26)31)21(28-24(20)30)16-2-6-18(7-3-16)32-19-8-4-17(25)5-9-19/h2-9,14-15,27H,10-13H2,1H3,(H2,26,31). The molecule has 164 valence electrons. The van der Waals surface area contributed by atoms with Gasteiger partial charge in [0.15, 0.2) is 11.3 Å². The first-order valence-electron chi connectivity index (χ1n) is 10.6. The van der Waals surface area contributed by atoms with Gasteiger partial charge in [-0.3, -0.25) is 9.89 Å². The number of hydrogen-bond donors (Lipinski definition) is 2. The Morgan fingerprint density at radius 3 is 2.34 bits per heavy atom. The zero-order valence-electron chi connectivity index (χ0n) is 17.7. The Labute approximate surface area is 190 Å². The zero-order valence-corrected chi connectivity index (χ0v) is 18.5. The summed E-state index contributed by atoms with van der Waals surface area (Å²) in [4.78, 5) is 19.5. The van der Waals surface area contributed by atoms with Gasteiger partial charge in [-0.2, -0.15) is 0 Å². The minimum atomic E-state index is -0.522. The molecule has 0 atom stereocenters. The number of amides is 1. The SMILES string of the molecule is CN1CCC(c2c[nH]n3c(C(N)=O)c(-c4ccc(Oc5ccc(Cl)cc5)cc4)nc23)CC1. The van der Waals surface area contributed by atoms with Gasteiger partial charge in [-0.1, -0.05) is 11.6 Å². The van der Waals surface area contributed by atoms with Gasteiger partial charge in [0, 0.05) is 22.3 Å². The van der Waals surface area contributed by atoms with Crippen LogP contribution in [0.15, 0.2) is 54.7 Å².